The molecule has 0 aromatic heterocycles. The lowest BCUT2D eigenvalue weighted by Gasteiger charge is -2.10. The number of esters is 1. The molecule has 1 N–H and O–H groups in total. The van der Waals surface area contributed by atoms with Crippen molar-refractivity contribution >= 4 is 48.0 Å². The van der Waals surface area contributed by atoms with Crippen molar-refractivity contribution in [3.05, 3.63) is 242 Å². The molecule has 14 heteroatoms. The first-order valence-electron chi connectivity index (χ1n) is 21.6. The first kappa shape index (κ1) is 54.0. The van der Waals surface area contributed by atoms with Crippen LogP contribution in [0.5, 0.6) is 11.5 Å². The van der Waals surface area contributed by atoms with Gasteiger partial charge in [-0.3, -0.25) is 0 Å². The largest absolute Gasteiger partial charge is 0.744 e. The summed E-state index contributed by atoms with van der Waals surface area (Å²) in [6, 6.07) is 69.1. The normalized spacial score (nSPS) is 10.8. The number of hydrogen-bond acceptors (Lipinski definition) is 10. The highest BCUT2D eigenvalue weighted by atomic mass is 32.2. The summed E-state index contributed by atoms with van der Waals surface area (Å²) in [6.45, 7) is 9.33. The molecular weight excluding hydrogens is 961 g/mol. The molecule has 0 aliphatic rings. The van der Waals surface area contributed by atoms with Gasteiger partial charge in [-0.15, -0.1) is 0 Å². The van der Waals surface area contributed by atoms with Gasteiger partial charge in [0.05, 0.1) is 31.6 Å². The molecule has 0 atom stereocenters. The highest BCUT2D eigenvalue weighted by Gasteiger charge is 2.29. The summed E-state index contributed by atoms with van der Waals surface area (Å²) in [4.78, 5) is 18.5. The van der Waals surface area contributed by atoms with E-state index in [0.717, 1.165) is 16.9 Å². The van der Waals surface area contributed by atoms with Gasteiger partial charge in [-0.25, -0.2) is 21.6 Å². The topological polar surface area (TPSA) is 170 Å². The Kier molecular flexibility index (Phi) is 20.6. The van der Waals surface area contributed by atoms with Crippen molar-refractivity contribution < 1.29 is 45.3 Å². The van der Waals surface area contributed by atoms with Crippen molar-refractivity contribution in [1.82, 2.24) is 0 Å². The zero-order valence-electron chi connectivity index (χ0n) is 38.7. The van der Waals surface area contributed by atoms with Crippen molar-refractivity contribution in [3.8, 4) is 11.5 Å². The van der Waals surface area contributed by atoms with E-state index in [2.05, 4.69) is 116 Å². The molecular formula is C56H52O10S4. The lowest BCUT2D eigenvalue weighted by Crippen LogP contribution is -2.12. The molecule has 0 saturated heterocycles. The van der Waals surface area contributed by atoms with E-state index in [1.165, 1.54) is 53.6 Å². The molecule has 8 rings (SSSR count). The zero-order valence-corrected chi connectivity index (χ0v) is 41.9. The van der Waals surface area contributed by atoms with Crippen molar-refractivity contribution in [2.75, 3.05) is 13.2 Å². The Labute approximate surface area is 417 Å². The van der Waals surface area contributed by atoms with Crippen LogP contribution in [0, 0.1) is 13.8 Å². The number of rotatable bonds is 13. The second kappa shape index (κ2) is 26.7. The third-order valence-corrected chi connectivity index (χ3v) is 15.8. The maximum absolute atomic E-state index is 11.4. The van der Waals surface area contributed by atoms with Gasteiger partial charge in [0.15, 0.2) is 29.4 Å². The fraction of sp³-hybridized carbons (Fsp3) is 0.0893. The van der Waals surface area contributed by atoms with Crippen LogP contribution in [-0.2, 0) is 51.6 Å². The molecule has 10 nitrogen and oxygen atoms in total. The number of aromatic hydroxyl groups is 1. The van der Waals surface area contributed by atoms with Gasteiger partial charge < -0.3 is 23.7 Å². The lowest BCUT2D eigenvalue weighted by molar-refractivity contribution is -0.139. The van der Waals surface area contributed by atoms with Gasteiger partial charge in [0.2, 0.25) is 0 Å². The van der Waals surface area contributed by atoms with Gasteiger partial charge in [0, 0.05) is 5.57 Å². The molecule has 0 fully saturated rings. The number of hydrogen-bond donors (Lipinski definition) is 1. The summed E-state index contributed by atoms with van der Waals surface area (Å²) >= 11 is 0. The molecule has 0 spiro atoms. The van der Waals surface area contributed by atoms with Crippen LogP contribution in [-0.4, -0.2) is 50.2 Å². The van der Waals surface area contributed by atoms with E-state index in [1.54, 1.807) is 43.3 Å². The smallest absolute Gasteiger partial charge is 0.333 e. The molecule has 0 unspecified atom stereocenters. The number of phenolic OH excluding ortho intramolecular Hbond substituents is 1. The van der Waals surface area contributed by atoms with Gasteiger partial charge in [0.25, 0.3) is 0 Å². The minimum absolute atomic E-state index is 0.134. The van der Waals surface area contributed by atoms with Crippen molar-refractivity contribution in [2.45, 2.75) is 59.9 Å². The third kappa shape index (κ3) is 17.6. The minimum atomic E-state index is -4.27. The standard InChI is InChI=1S/C24H23O3S.C18H14OS.2C7H8O3S/c1-19(2)24(25)27-18-17-26-20-13-15-23(16-14-20)28(21-9-5-3-6-10-21)22-11-7-4-8-12-22;19-15-11-13-18(14-12-15)20(16-7-3-1-4-8-16)17-9-5-2-6-10-17;2*1-6-2-4-7(5-3-6)11(8,9)10/h3-16H,1,17-18H2,2H3;1-14H;2*2-5H,1H3,(H,8,9,10)/q+1;;;/p-1. The van der Waals surface area contributed by atoms with Crippen LogP contribution in [0.25, 0.3) is 0 Å². The molecule has 0 amide bonds. The fourth-order valence-electron chi connectivity index (χ4n) is 6.12. The summed E-state index contributed by atoms with van der Waals surface area (Å²) < 4.78 is 73.1. The molecule has 0 heterocycles. The van der Waals surface area contributed by atoms with Gasteiger partial charge in [-0.05, 0) is 142 Å². The fourth-order valence-corrected chi connectivity index (χ4v) is 11.2. The maximum atomic E-state index is 11.4. The van der Waals surface area contributed by atoms with Gasteiger partial charge >= 0.3 is 5.97 Å². The second-order valence-electron chi connectivity index (χ2n) is 15.1. The number of carbonyl (C=O) groups is 1. The quantitative estimate of drug-likeness (QED) is 0.0385. The molecule has 0 radical (unpaired) electrons. The van der Waals surface area contributed by atoms with Crippen LogP contribution in [0.2, 0.25) is 0 Å². The molecule has 0 saturated carbocycles. The Bertz CT molecular complexity index is 2920. The summed E-state index contributed by atoms with van der Waals surface area (Å²) in [5.41, 5.74) is 2.24. The Morgan fingerprint density at radius 2 is 0.771 bits per heavy atom. The highest BCUT2D eigenvalue weighted by molar-refractivity contribution is 7.97. The Morgan fingerprint density at radius 3 is 1.07 bits per heavy atom. The summed E-state index contributed by atoms with van der Waals surface area (Å²) in [5.74, 6) is 0.659. The average molecular weight is 1010 g/mol. The molecule has 8 aromatic rings. The van der Waals surface area contributed by atoms with E-state index in [0.29, 0.717) is 17.9 Å². The first-order chi connectivity index (χ1) is 33.5. The molecule has 0 bridgehead atoms. The SMILES string of the molecule is C=C(C)C(=O)OCCOc1ccc([S+](c2ccccc2)c2ccccc2)cc1.Cc1ccc(S(=O)(=O)[O-])cc1.Cc1ccc(S(=O)(=O)[O-])cc1.Oc1ccc([S+](c2ccccc2)c2ccccc2)cc1. The maximum Gasteiger partial charge on any atom is 0.333 e. The predicted molar refractivity (Wildman–Crippen MR) is 274 cm³/mol. The second-order valence-corrected chi connectivity index (χ2v) is 21.9. The van der Waals surface area contributed by atoms with Gasteiger partial charge in [-0.1, -0.05) is 115 Å². The number of aryl methyl sites for hydroxylation is 2. The molecule has 8 aromatic carbocycles. The molecule has 0 aliphatic heterocycles. The van der Waals surface area contributed by atoms with E-state index in [9.17, 15) is 35.8 Å². The van der Waals surface area contributed by atoms with E-state index >= 15 is 0 Å². The average Bonchev–Trinajstić information content (AvgIpc) is 3.36. The van der Waals surface area contributed by atoms with E-state index in [-0.39, 0.29) is 38.2 Å². The summed E-state index contributed by atoms with van der Waals surface area (Å²) in [6.07, 6.45) is 0. The van der Waals surface area contributed by atoms with E-state index < -0.39 is 26.2 Å². The number of benzene rings is 8. The zero-order chi connectivity index (χ0) is 50.5. The highest BCUT2D eigenvalue weighted by Crippen LogP contribution is 2.33. The number of ether oxygens (including phenoxy) is 2. The Morgan fingerprint density at radius 1 is 0.471 bits per heavy atom. The van der Waals surface area contributed by atoms with Crippen LogP contribution in [0.15, 0.2) is 270 Å². The van der Waals surface area contributed by atoms with Gasteiger partial charge in [0.1, 0.15) is 44.9 Å². The number of carbonyl (C=O) groups excluding carboxylic acids is 1. The third-order valence-electron chi connectivity index (χ3n) is 9.60. The monoisotopic (exact) mass is 1010 g/mol. The minimum Gasteiger partial charge on any atom is -0.744 e. The van der Waals surface area contributed by atoms with Crippen LogP contribution in [0.3, 0.4) is 0 Å². The van der Waals surface area contributed by atoms with Crippen molar-refractivity contribution in [1.29, 1.82) is 0 Å². The summed E-state index contributed by atoms with van der Waals surface area (Å²) in [5, 5.41) is 9.48. The van der Waals surface area contributed by atoms with Crippen LogP contribution >= 0.6 is 0 Å². The Balaban J connectivity index is 0.000000188. The van der Waals surface area contributed by atoms with E-state index in [4.69, 9.17) is 9.47 Å². The summed E-state index contributed by atoms with van der Waals surface area (Å²) in [7, 11) is -8.85. The van der Waals surface area contributed by atoms with Crippen LogP contribution in [0.4, 0.5) is 0 Å². The van der Waals surface area contributed by atoms with Crippen LogP contribution in [0.1, 0.15) is 18.1 Å². The van der Waals surface area contributed by atoms with Gasteiger partial charge in [-0.2, -0.15) is 0 Å². The molecule has 70 heavy (non-hydrogen) atoms. The molecule has 0 aliphatic carbocycles. The Hall–Kier alpha value is -6.91. The lowest BCUT2D eigenvalue weighted by atomic mass is 10.2. The number of phenols is 1. The van der Waals surface area contributed by atoms with E-state index in [1.807, 2.05) is 62.4 Å². The predicted octanol–water partition coefficient (Wildman–Crippen LogP) is 11.6. The molecule has 360 valence electrons. The van der Waals surface area contributed by atoms with Crippen LogP contribution < -0.4 is 4.74 Å². The van der Waals surface area contributed by atoms with Crippen molar-refractivity contribution in [3.63, 3.8) is 0 Å². The van der Waals surface area contributed by atoms with Crippen molar-refractivity contribution in [2.24, 2.45) is 0 Å². The first-order valence-corrected chi connectivity index (χ1v) is 26.8.